The monoisotopic (exact) mass is 672 g/mol. The molecule has 9 nitrogen and oxygen atoms in total. The number of anilines is 2. The molecule has 2 aromatic carbocycles. The molecule has 10 rings (SSSR count). The van der Waals surface area contributed by atoms with Crippen LogP contribution in [0.25, 0.3) is 21.3 Å². The molecule has 4 fully saturated rings. The van der Waals surface area contributed by atoms with Gasteiger partial charge in [-0.2, -0.15) is 5.10 Å². The molecule has 4 saturated carbocycles. The number of aromatic nitrogens is 4. The lowest BCUT2D eigenvalue weighted by Gasteiger charge is -2.56. The van der Waals surface area contributed by atoms with E-state index < -0.39 is 5.97 Å². The summed E-state index contributed by atoms with van der Waals surface area (Å²) in [5.74, 6) is 1.91. The number of hydrogen-bond acceptors (Lipinski definition) is 7. The van der Waals surface area contributed by atoms with Crippen molar-refractivity contribution >= 4 is 44.4 Å². The van der Waals surface area contributed by atoms with Crippen LogP contribution in [-0.2, 0) is 13.0 Å². The van der Waals surface area contributed by atoms with Crippen LogP contribution in [0.3, 0.4) is 0 Å². The molecule has 10 heteroatoms. The first kappa shape index (κ1) is 30.5. The lowest BCUT2D eigenvalue weighted by Crippen LogP contribution is -2.48. The summed E-state index contributed by atoms with van der Waals surface area (Å²) in [6.07, 6.45) is 10.7. The van der Waals surface area contributed by atoms with E-state index in [1.54, 1.807) is 0 Å². The molecule has 1 aliphatic heterocycles. The Morgan fingerprint density at radius 3 is 2.45 bits per heavy atom. The van der Waals surface area contributed by atoms with Crippen molar-refractivity contribution in [2.45, 2.75) is 71.4 Å². The van der Waals surface area contributed by atoms with Crippen LogP contribution in [0.5, 0.6) is 0 Å². The number of carboxylic acid groups (broad SMARTS) is 1. The minimum absolute atomic E-state index is 0.0230. The van der Waals surface area contributed by atoms with Crippen molar-refractivity contribution in [1.82, 2.24) is 19.7 Å². The number of fused-ring (bicyclic) bond motifs is 2. The highest BCUT2D eigenvalue weighted by Gasteiger charge is 2.51. The summed E-state index contributed by atoms with van der Waals surface area (Å²) < 4.78 is 3.15. The zero-order valence-electron chi connectivity index (χ0n) is 27.9. The Morgan fingerprint density at radius 1 is 0.959 bits per heavy atom. The Bertz CT molecular complexity index is 2070. The topological polar surface area (TPSA) is 113 Å². The van der Waals surface area contributed by atoms with Gasteiger partial charge in [0.15, 0.2) is 10.8 Å². The van der Waals surface area contributed by atoms with Crippen LogP contribution in [0.2, 0.25) is 0 Å². The fourth-order valence-electron chi connectivity index (χ4n) is 10.2. The van der Waals surface area contributed by atoms with Crippen molar-refractivity contribution in [3.63, 3.8) is 0 Å². The number of para-hydroxylation sites is 1. The van der Waals surface area contributed by atoms with Crippen LogP contribution in [0.4, 0.5) is 10.9 Å². The molecule has 250 valence electrons. The highest BCUT2D eigenvalue weighted by molar-refractivity contribution is 7.22. The number of amides is 1. The number of aromatic carboxylic acids is 1. The smallest absolute Gasteiger partial charge is 0.355 e. The van der Waals surface area contributed by atoms with Gasteiger partial charge in [-0.1, -0.05) is 35.6 Å². The number of carboxylic acids is 1. The maximum atomic E-state index is 13.7. The van der Waals surface area contributed by atoms with Gasteiger partial charge in [0.25, 0.3) is 5.91 Å². The summed E-state index contributed by atoms with van der Waals surface area (Å²) in [5.41, 5.74) is 6.24. The summed E-state index contributed by atoms with van der Waals surface area (Å²) >= 11 is 1.45. The fraction of sp³-hybridized carbons (Fsp3) is 0.410. The van der Waals surface area contributed by atoms with Gasteiger partial charge in [-0.15, -0.1) is 0 Å². The molecule has 4 heterocycles. The van der Waals surface area contributed by atoms with Crippen LogP contribution >= 0.6 is 11.3 Å². The number of nitrogens with zero attached hydrogens (tertiary/aromatic N) is 5. The minimum Gasteiger partial charge on any atom is -0.476 e. The Morgan fingerprint density at radius 2 is 1.71 bits per heavy atom. The predicted molar refractivity (Wildman–Crippen MR) is 191 cm³/mol. The predicted octanol–water partition coefficient (Wildman–Crippen LogP) is 8.15. The highest BCUT2D eigenvalue weighted by Crippen LogP contribution is 2.60. The molecule has 3 aromatic heterocycles. The number of benzene rings is 2. The van der Waals surface area contributed by atoms with Crippen LogP contribution < -0.4 is 10.2 Å². The maximum absolute atomic E-state index is 13.7. The van der Waals surface area contributed by atoms with E-state index in [1.165, 1.54) is 49.9 Å². The van der Waals surface area contributed by atoms with E-state index in [0.29, 0.717) is 40.5 Å². The van der Waals surface area contributed by atoms with Crippen molar-refractivity contribution in [3.8, 4) is 11.1 Å². The highest BCUT2D eigenvalue weighted by atomic mass is 32.1. The number of hydrogen-bond donors (Lipinski definition) is 2. The van der Waals surface area contributed by atoms with Gasteiger partial charge >= 0.3 is 5.97 Å². The molecular formula is C39H40N6O3S. The van der Waals surface area contributed by atoms with Crippen molar-refractivity contribution < 1.29 is 14.7 Å². The molecular weight excluding hydrogens is 633 g/mol. The van der Waals surface area contributed by atoms with Crippen molar-refractivity contribution in [2.24, 2.45) is 23.2 Å². The number of carbonyl (C=O) groups excluding carboxylic acids is 1. The summed E-state index contributed by atoms with van der Waals surface area (Å²) in [4.78, 5) is 37.9. The Kier molecular flexibility index (Phi) is 7.16. The van der Waals surface area contributed by atoms with E-state index in [0.717, 1.165) is 56.9 Å². The second-order valence-electron chi connectivity index (χ2n) is 15.0. The number of thiazole rings is 1. The van der Waals surface area contributed by atoms with Gasteiger partial charge in [-0.25, -0.2) is 14.8 Å². The number of rotatable bonds is 7. The second-order valence-corrected chi connectivity index (χ2v) is 16.1. The number of carbonyl (C=O) groups is 2. The molecule has 2 N–H and O–H groups in total. The number of nitrogens with one attached hydrogen (secondary N) is 1. The van der Waals surface area contributed by atoms with E-state index in [1.807, 2.05) is 54.7 Å². The van der Waals surface area contributed by atoms with E-state index in [2.05, 4.69) is 39.8 Å². The van der Waals surface area contributed by atoms with Crippen LogP contribution in [-0.4, -0.2) is 43.3 Å². The second kappa shape index (κ2) is 11.5. The summed E-state index contributed by atoms with van der Waals surface area (Å²) in [7, 11) is 0. The van der Waals surface area contributed by atoms with Gasteiger partial charge in [0.2, 0.25) is 0 Å². The molecule has 5 aromatic rings. The van der Waals surface area contributed by atoms with E-state index in [-0.39, 0.29) is 17.6 Å². The Balaban J connectivity index is 0.990. The SMILES string of the molecule is Cc1c(-c2ccc(N3CCc4cccc(C(=O)Nc5nc6ccccc6s5)c4C3C)nc2C(=O)O)cnn1CC12CC3CC(CC(C3)C1)C2. The van der Waals surface area contributed by atoms with Crippen molar-refractivity contribution in [3.05, 3.63) is 88.9 Å². The van der Waals surface area contributed by atoms with Gasteiger partial charge in [-0.3, -0.25) is 14.8 Å². The first-order valence-electron chi connectivity index (χ1n) is 17.6. The van der Waals surface area contributed by atoms with E-state index >= 15 is 0 Å². The third-order valence-electron chi connectivity index (χ3n) is 11.9. The molecule has 1 amide bonds. The molecule has 4 aliphatic carbocycles. The fourth-order valence-corrected chi connectivity index (χ4v) is 11.0. The average molecular weight is 673 g/mol. The summed E-state index contributed by atoms with van der Waals surface area (Å²) in [6, 6.07) is 17.3. The van der Waals surface area contributed by atoms with E-state index in [9.17, 15) is 14.7 Å². The van der Waals surface area contributed by atoms with Gasteiger partial charge in [0.1, 0.15) is 5.82 Å². The molecule has 4 bridgehead atoms. The normalized spacial score (nSPS) is 25.5. The number of pyridine rings is 1. The Hall–Kier alpha value is -4.57. The van der Waals surface area contributed by atoms with Crippen LogP contribution in [0.1, 0.15) is 89.2 Å². The lowest BCUT2D eigenvalue weighted by atomic mass is 9.49. The zero-order valence-corrected chi connectivity index (χ0v) is 28.7. The van der Waals surface area contributed by atoms with Crippen molar-refractivity contribution in [1.29, 1.82) is 0 Å². The zero-order chi connectivity index (χ0) is 33.4. The van der Waals surface area contributed by atoms with Gasteiger partial charge in [0, 0.05) is 35.5 Å². The molecule has 49 heavy (non-hydrogen) atoms. The first-order valence-corrected chi connectivity index (χ1v) is 18.4. The molecule has 1 unspecified atom stereocenters. The first-order chi connectivity index (χ1) is 23.7. The standard InChI is InChI=1S/C39H40N6O3S/c1-22-30(20-40-45(22)21-39-17-24-14-25(18-39)16-26(15-24)19-39)28-10-11-33(42-35(28)37(47)48)44-13-12-27-6-5-7-29(34(27)23(44)2)36(46)43-38-41-31-8-3-4-9-32(31)49-38/h3-11,20,23-26H,12-19,21H2,1-2H3,(H,47,48)(H,41,43,46). The molecule has 1 atom stereocenters. The van der Waals surface area contributed by atoms with Crippen LogP contribution in [0, 0.1) is 30.1 Å². The van der Waals surface area contributed by atoms with Gasteiger partial charge in [-0.05, 0) is 123 Å². The third-order valence-corrected chi connectivity index (χ3v) is 12.8. The molecule has 0 saturated heterocycles. The molecule has 5 aliphatic rings. The summed E-state index contributed by atoms with van der Waals surface area (Å²) in [5, 5.41) is 18.8. The van der Waals surface area contributed by atoms with Gasteiger partial charge in [0.05, 0.1) is 22.5 Å². The Labute approximate surface area is 289 Å². The third kappa shape index (κ3) is 5.23. The quantitative estimate of drug-likeness (QED) is 0.179. The molecule has 0 spiro atoms. The minimum atomic E-state index is -1.06. The van der Waals surface area contributed by atoms with Gasteiger partial charge < -0.3 is 10.0 Å². The largest absolute Gasteiger partial charge is 0.476 e. The summed E-state index contributed by atoms with van der Waals surface area (Å²) in [6.45, 7) is 5.69. The van der Waals surface area contributed by atoms with E-state index in [4.69, 9.17) is 10.1 Å². The lowest BCUT2D eigenvalue weighted by molar-refractivity contribution is -0.0638. The van der Waals surface area contributed by atoms with Crippen molar-refractivity contribution in [2.75, 3.05) is 16.8 Å². The maximum Gasteiger partial charge on any atom is 0.355 e. The molecule has 0 radical (unpaired) electrons. The van der Waals surface area contributed by atoms with Crippen LogP contribution in [0.15, 0.2) is 60.8 Å². The average Bonchev–Trinajstić information content (AvgIpc) is 3.65.